The summed E-state index contributed by atoms with van der Waals surface area (Å²) >= 11 is 0. The van der Waals surface area contributed by atoms with Crippen LogP contribution in [0.15, 0.2) is 0 Å². The topological polar surface area (TPSA) is 15.3 Å². The molecule has 0 aromatic rings. The largest absolute Gasteiger partial charge is 0.313 e. The van der Waals surface area contributed by atoms with Crippen LogP contribution < -0.4 is 5.32 Å². The zero-order chi connectivity index (χ0) is 15.7. The molecule has 1 heterocycles. The predicted molar refractivity (Wildman–Crippen MR) is 92.7 cm³/mol. The highest BCUT2D eigenvalue weighted by atomic mass is 15.2. The molecule has 0 aromatic heterocycles. The molecular formula is C19H38N2. The molecule has 1 saturated carbocycles. The van der Waals surface area contributed by atoms with E-state index in [0.717, 1.165) is 6.04 Å². The third-order valence-corrected chi connectivity index (χ3v) is 5.51. The number of hydrogen-bond donors (Lipinski definition) is 1. The number of nitrogens with zero attached hydrogens (tertiary/aromatic N) is 1. The van der Waals surface area contributed by atoms with Crippen molar-refractivity contribution < 1.29 is 0 Å². The first kappa shape index (κ1) is 17.3. The quantitative estimate of drug-likeness (QED) is 0.824. The fourth-order valence-corrected chi connectivity index (χ4v) is 5.14. The van der Waals surface area contributed by atoms with E-state index in [4.69, 9.17) is 0 Å². The molecule has 0 bridgehead atoms. The number of nitrogens with one attached hydrogen (secondary N) is 1. The molecule has 0 aromatic carbocycles. The molecular weight excluding hydrogens is 256 g/mol. The Bertz CT molecular complexity index is 310. The van der Waals surface area contributed by atoms with Gasteiger partial charge in [-0.25, -0.2) is 0 Å². The molecule has 1 aliphatic heterocycles. The minimum absolute atomic E-state index is 0.486. The second-order valence-corrected chi connectivity index (χ2v) is 9.50. The van der Waals surface area contributed by atoms with Crippen molar-refractivity contribution in [2.24, 2.45) is 10.8 Å². The normalized spacial score (nSPS) is 30.0. The van der Waals surface area contributed by atoms with E-state index in [1.165, 1.54) is 51.6 Å². The third kappa shape index (κ3) is 4.96. The number of piperidine rings is 1. The van der Waals surface area contributed by atoms with E-state index in [9.17, 15) is 0 Å². The molecule has 0 amide bonds. The van der Waals surface area contributed by atoms with Gasteiger partial charge in [0.2, 0.25) is 0 Å². The first-order chi connectivity index (χ1) is 9.69. The van der Waals surface area contributed by atoms with Crippen molar-refractivity contribution in [1.29, 1.82) is 0 Å². The molecule has 1 saturated heterocycles. The first-order valence-corrected chi connectivity index (χ1v) is 9.18. The van der Waals surface area contributed by atoms with Gasteiger partial charge in [-0.1, -0.05) is 34.1 Å². The third-order valence-electron chi connectivity index (χ3n) is 5.51. The molecule has 124 valence electrons. The van der Waals surface area contributed by atoms with Crippen molar-refractivity contribution in [3.63, 3.8) is 0 Å². The Morgan fingerprint density at radius 3 is 2.14 bits per heavy atom. The Balaban J connectivity index is 2.05. The van der Waals surface area contributed by atoms with Crippen LogP contribution in [0.1, 0.15) is 80.1 Å². The summed E-state index contributed by atoms with van der Waals surface area (Å²) in [4.78, 5) is 2.81. The van der Waals surface area contributed by atoms with Gasteiger partial charge in [0.1, 0.15) is 0 Å². The maximum Gasteiger partial charge on any atom is 0.0195 e. The molecule has 1 aliphatic carbocycles. The van der Waals surface area contributed by atoms with Crippen LogP contribution in [-0.4, -0.2) is 36.1 Å². The number of rotatable bonds is 4. The minimum Gasteiger partial charge on any atom is -0.313 e. The lowest BCUT2D eigenvalue weighted by Gasteiger charge is -2.50. The molecule has 0 radical (unpaired) electrons. The van der Waals surface area contributed by atoms with Crippen LogP contribution in [0.5, 0.6) is 0 Å². The van der Waals surface area contributed by atoms with E-state index in [-0.39, 0.29) is 0 Å². The summed E-state index contributed by atoms with van der Waals surface area (Å²) in [5.74, 6) is 0. The highest BCUT2D eigenvalue weighted by Gasteiger charge is 2.41. The minimum atomic E-state index is 0.486. The van der Waals surface area contributed by atoms with Gasteiger partial charge in [-0.3, -0.25) is 4.90 Å². The van der Waals surface area contributed by atoms with Crippen molar-refractivity contribution >= 4 is 0 Å². The fraction of sp³-hybridized carbons (Fsp3) is 1.00. The number of hydrogen-bond acceptors (Lipinski definition) is 2. The van der Waals surface area contributed by atoms with Crippen LogP contribution >= 0.6 is 0 Å². The Hall–Kier alpha value is -0.0800. The van der Waals surface area contributed by atoms with Crippen LogP contribution in [0.3, 0.4) is 0 Å². The van der Waals surface area contributed by atoms with Crippen LogP contribution in [0.4, 0.5) is 0 Å². The van der Waals surface area contributed by atoms with E-state index in [1.54, 1.807) is 0 Å². The van der Waals surface area contributed by atoms with Gasteiger partial charge in [0, 0.05) is 24.7 Å². The maximum atomic E-state index is 3.74. The standard InChI is InChI=1S/C19H38N2/c1-15(2)21(13-16-9-7-8-10-20-16)17-11-18(3,4)14-19(5,6)12-17/h15-17,20H,7-14H2,1-6H3. The van der Waals surface area contributed by atoms with Crippen LogP contribution in [0, 0.1) is 10.8 Å². The van der Waals surface area contributed by atoms with Crippen molar-refractivity contribution in [2.75, 3.05) is 13.1 Å². The SMILES string of the molecule is CC(C)N(CC1CCCCN1)C1CC(C)(C)CC(C)(C)C1. The van der Waals surface area contributed by atoms with E-state index in [0.29, 0.717) is 22.9 Å². The van der Waals surface area contributed by atoms with Gasteiger partial charge in [-0.2, -0.15) is 0 Å². The summed E-state index contributed by atoms with van der Waals surface area (Å²) in [6, 6.07) is 2.13. The van der Waals surface area contributed by atoms with Crippen molar-refractivity contribution in [3.8, 4) is 0 Å². The lowest BCUT2D eigenvalue weighted by atomic mass is 9.63. The Morgan fingerprint density at radius 2 is 1.67 bits per heavy atom. The Kier molecular flexibility index (Phi) is 5.41. The molecule has 1 N–H and O–H groups in total. The molecule has 2 nitrogen and oxygen atoms in total. The summed E-state index contributed by atoms with van der Waals surface area (Å²) in [6.45, 7) is 17.1. The van der Waals surface area contributed by atoms with E-state index in [1.807, 2.05) is 0 Å². The fourth-order valence-electron chi connectivity index (χ4n) is 5.14. The summed E-state index contributed by atoms with van der Waals surface area (Å²) in [5, 5.41) is 3.74. The maximum absolute atomic E-state index is 3.74. The molecule has 21 heavy (non-hydrogen) atoms. The van der Waals surface area contributed by atoms with Gasteiger partial charge in [0.05, 0.1) is 0 Å². The summed E-state index contributed by atoms with van der Waals surface area (Å²) in [7, 11) is 0. The molecule has 2 fully saturated rings. The predicted octanol–water partition coefficient (Wildman–Crippen LogP) is 4.44. The summed E-state index contributed by atoms with van der Waals surface area (Å²) < 4.78 is 0. The molecule has 2 aliphatic rings. The zero-order valence-corrected chi connectivity index (χ0v) is 15.3. The lowest BCUT2D eigenvalue weighted by Crippen LogP contribution is -2.53. The Morgan fingerprint density at radius 1 is 1.05 bits per heavy atom. The van der Waals surface area contributed by atoms with Gasteiger partial charge in [0.15, 0.2) is 0 Å². The van der Waals surface area contributed by atoms with Gasteiger partial charge < -0.3 is 5.32 Å². The van der Waals surface area contributed by atoms with Gasteiger partial charge in [0.25, 0.3) is 0 Å². The van der Waals surface area contributed by atoms with Crippen molar-refractivity contribution in [1.82, 2.24) is 10.2 Å². The molecule has 2 heteroatoms. The van der Waals surface area contributed by atoms with E-state index >= 15 is 0 Å². The summed E-state index contributed by atoms with van der Waals surface area (Å²) in [6.07, 6.45) is 8.22. The van der Waals surface area contributed by atoms with Crippen molar-refractivity contribution in [3.05, 3.63) is 0 Å². The average molecular weight is 295 g/mol. The monoisotopic (exact) mass is 294 g/mol. The second-order valence-electron chi connectivity index (χ2n) is 9.50. The van der Waals surface area contributed by atoms with Gasteiger partial charge in [-0.15, -0.1) is 0 Å². The van der Waals surface area contributed by atoms with Gasteiger partial charge >= 0.3 is 0 Å². The lowest BCUT2D eigenvalue weighted by molar-refractivity contribution is 0.00512. The van der Waals surface area contributed by atoms with Crippen LogP contribution in [0.2, 0.25) is 0 Å². The second kappa shape index (κ2) is 6.58. The molecule has 0 spiro atoms. The highest BCUT2D eigenvalue weighted by molar-refractivity contribution is 4.95. The van der Waals surface area contributed by atoms with E-state index in [2.05, 4.69) is 51.8 Å². The van der Waals surface area contributed by atoms with Crippen molar-refractivity contribution in [2.45, 2.75) is 98.2 Å². The van der Waals surface area contributed by atoms with Crippen LogP contribution in [-0.2, 0) is 0 Å². The van der Waals surface area contributed by atoms with Gasteiger partial charge in [-0.05, 0) is 63.3 Å². The highest BCUT2D eigenvalue weighted by Crippen LogP contribution is 2.47. The molecule has 1 unspecified atom stereocenters. The zero-order valence-electron chi connectivity index (χ0n) is 15.3. The molecule has 1 atom stereocenters. The molecule has 2 rings (SSSR count). The smallest absolute Gasteiger partial charge is 0.0195 e. The van der Waals surface area contributed by atoms with Crippen LogP contribution in [0.25, 0.3) is 0 Å². The Labute approximate surface area is 133 Å². The first-order valence-electron chi connectivity index (χ1n) is 9.18. The summed E-state index contributed by atoms with van der Waals surface area (Å²) in [5.41, 5.74) is 0.971. The van der Waals surface area contributed by atoms with E-state index < -0.39 is 0 Å². The average Bonchev–Trinajstić information content (AvgIpc) is 2.33.